The fraction of sp³-hybridized carbons (Fsp3) is 0.952. The first-order valence-corrected chi connectivity index (χ1v) is 14.6. The second-order valence-electron chi connectivity index (χ2n) is 9.53. The molecule has 7 atom stereocenters. The molecule has 1 aliphatic heterocycles. The van der Waals surface area contributed by atoms with Gasteiger partial charge in [0.25, 0.3) is 0 Å². The number of fused-ring (bicyclic) bond motifs is 5. The van der Waals surface area contributed by atoms with Gasteiger partial charge in [0.05, 0.1) is 0 Å². The zero-order valence-corrected chi connectivity index (χ0v) is 18.5. The van der Waals surface area contributed by atoms with E-state index in [4.69, 9.17) is 4.74 Å². The van der Waals surface area contributed by atoms with Gasteiger partial charge in [-0.05, 0) is 0 Å². The van der Waals surface area contributed by atoms with Crippen LogP contribution in [-0.2, 0) is 9.53 Å². The summed E-state index contributed by atoms with van der Waals surface area (Å²) in [7, 11) is 1.59. The number of Topliss-reactive ketones (excluding diaryl/α,β-unsaturated/α-hetero) is 1. The number of carbonyl (C=O) groups is 1. The van der Waals surface area contributed by atoms with Gasteiger partial charge in [-0.1, -0.05) is 0 Å². The van der Waals surface area contributed by atoms with Crippen LogP contribution in [-0.4, -0.2) is 32.5 Å². The van der Waals surface area contributed by atoms with E-state index in [1.54, 1.807) is 7.11 Å². The van der Waals surface area contributed by atoms with Crippen LogP contribution < -0.4 is 0 Å². The third kappa shape index (κ3) is 3.49. The Morgan fingerprint density at radius 2 is 1.85 bits per heavy atom. The van der Waals surface area contributed by atoms with Crippen molar-refractivity contribution in [3.05, 3.63) is 0 Å². The Kier molecular flexibility index (Phi) is 5.63. The molecule has 1 saturated heterocycles. The monoisotopic (exact) mass is 500 g/mol. The summed E-state index contributed by atoms with van der Waals surface area (Å²) >= 11 is -2.78. The van der Waals surface area contributed by atoms with Gasteiger partial charge in [0.2, 0.25) is 0 Å². The van der Waals surface area contributed by atoms with E-state index >= 15 is 0 Å². The fourth-order valence-corrected chi connectivity index (χ4v) is 12.9. The van der Waals surface area contributed by atoms with Crippen molar-refractivity contribution >= 4 is 25.6 Å². The van der Waals surface area contributed by atoms with E-state index in [9.17, 15) is 18.0 Å². The second-order valence-corrected chi connectivity index (χ2v) is 15.3. The Hall–Kier alpha value is 0.150. The molecule has 0 aromatic carbocycles. The summed E-state index contributed by atoms with van der Waals surface area (Å²) in [5, 5.41) is 0. The molecule has 156 valence electrons. The maximum atomic E-state index is 13.3. The zero-order chi connectivity index (χ0) is 19.4. The first-order valence-electron chi connectivity index (χ1n) is 10.5. The summed E-state index contributed by atoms with van der Waals surface area (Å²) < 4.78 is 42.1. The molecule has 0 N–H and O–H groups in total. The van der Waals surface area contributed by atoms with Crippen molar-refractivity contribution in [2.45, 2.75) is 56.1 Å². The van der Waals surface area contributed by atoms with Gasteiger partial charge in [0.15, 0.2) is 0 Å². The summed E-state index contributed by atoms with van der Waals surface area (Å²) in [6.45, 7) is 2.54. The molecule has 0 aromatic rings. The van der Waals surface area contributed by atoms with Gasteiger partial charge in [-0.25, -0.2) is 0 Å². The fourth-order valence-electron chi connectivity index (χ4n) is 7.42. The van der Waals surface area contributed by atoms with Crippen molar-refractivity contribution in [2.75, 3.05) is 22.6 Å². The molecular weight excluding hydrogens is 468 g/mol. The topological polar surface area (TPSA) is 26.3 Å². The molecule has 0 aromatic heterocycles. The van der Waals surface area contributed by atoms with Crippen LogP contribution in [0.15, 0.2) is 0 Å². The van der Waals surface area contributed by atoms with Gasteiger partial charge in [0.1, 0.15) is 0 Å². The van der Waals surface area contributed by atoms with Gasteiger partial charge in [0, 0.05) is 0 Å². The van der Waals surface area contributed by atoms with Crippen LogP contribution in [0, 0.1) is 40.9 Å². The number of carbonyl (C=O) groups excluding carboxylic acids is 1. The molecule has 0 spiro atoms. The average molecular weight is 500 g/mol. The Morgan fingerprint density at radius 1 is 1.07 bits per heavy atom. The number of rotatable bonds is 3. The molecule has 4 aliphatic rings. The summed E-state index contributed by atoms with van der Waals surface area (Å²) in [4.78, 5) is 12.6. The van der Waals surface area contributed by atoms with E-state index in [2.05, 4.69) is 6.92 Å². The summed E-state index contributed by atoms with van der Waals surface area (Å²) in [6, 6.07) is 0. The van der Waals surface area contributed by atoms with E-state index in [0.29, 0.717) is 38.4 Å². The van der Waals surface area contributed by atoms with Gasteiger partial charge >= 0.3 is 168 Å². The molecule has 27 heavy (non-hydrogen) atoms. The van der Waals surface area contributed by atoms with E-state index < -0.39 is 24.0 Å². The van der Waals surface area contributed by atoms with Gasteiger partial charge in [-0.3, -0.25) is 0 Å². The third-order valence-corrected chi connectivity index (χ3v) is 14.4. The number of alkyl halides is 6. The van der Waals surface area contributed by atoms with Crippen LogP contribution in [0.25, 0.3) is 0 Å². The second kappa shape index (κ2) is 7.44. The summed E-state index contributed by atoms with van der Waals surface area (Å²) in [5.74, 6) is 3.08. The molecular formula is C21H32F3IO2. The molecule has 3 aliphatic carbocycles. The molecule has 4 fully saturated rings. The Bertz CT molecular complexity index is 580. The van der Waals surface area contributed by atoms with Crippen molar-refractivity contribution < 1.29 is 22.7 Å². The SMILES string of the molecule is COCC(=O)[C@H]1CC[C@H]2[C@@H]3CCC4CI(C(F)(F)F)CC[C@@H]4C3CC[C@]12C. The summed E-state index contributed by atoms with van der Waals surface area (Å²) in [6.07, 6.45) is 7.21. The first kappa shape index (κ1) is 20.4. The van der Waals surface area contributed by atoms with Crippen molar-refractivity contribution in [1.29, 1.82) is 0 Å². The van der Waals surface area contributed by atoms with Gasteiger partial charge < -0.3 is 0 Å². The molecule has 0 radical (unpaired) electrons. The molecule has 0 amide bonds. The molecule has 2 unspecified atom stereocenters. The van der Waals surface area contributed by atoms with Crippen molar-refractivity contribution in [3.63, 3.8) is 0 Å². The number of hydrogen-bond acceptors (Lipinski definition) is 2. The summed E-state index contributed by atoms with van der Waals surface area (Å²) in [5.41, 5.74) is 0.0860. The van der Waals surface area contributed by atoms with Crippen LogP contribution in [0.2, 0.25) is 0 Å². The predicted molar refractivity (Wildman–Crippen MR) is 108 cm³/mol. The standard InChI is InChI=1S/C21H32F3IO2/c1-20-9-7-15-14-8-10-25(21(22,23)24)11-13(14)3-4-16(15)17(20)5-6-18(20)19(26)12-27-2/h13-18H,3-12H2,1-2H3/t13?,14-,15?,16+,17-,18+,20-/m0/s1. The predicted octanol–water partition coefficient (Wildman–Crippen LogP) is 5.72. The van der Waals surface area contributed by atoms with E-state index in [1.165, 1.54) is 0 Å². The number of methoxy groups -OCH3 is 1. The Labute approximate surface area is 167 Å². The third-order valence-electron chi connectivity index (χ3n) is 8.55. The van der Waals surface area contributed by atoms with E-state index in [1.807, 2.05) is 0 Å². The van der Waals surface area contributed by atoms with Crippen molar-refractivity contribution in [3.8, 4) is 0 Å². The van der Waals surface area contributed by atoms with Crippen LogP contribution >= 0.6 is 19.8 Å². The molecule has 0 bridgehead atoms. The Morgan fingerprint density at radius 3 is 2.56 bits per heavy atom. The number of ketones is 1. The first-order chi connectivity index (χ1) is 12.8. The van der Waals surface area contributed by atoms with E-state index in [0.717, 1.165) is 44.9 Å². The molecule has 1 heterocycles. The van der Waals surface area contributed by atoms with E-state index in [-0.39, 0.29) is 23.7 Å². The maximum absolute atomic E-state index is 13.3. The van der Waals surface area contributed by atoms with Crippen LogP contribution in [0.5, 0.6) is 0 Å². The van der Waals surface area contributed by atoms with Crippen LogP contribution in [0.1, 0.15) is 51.9 Å². The number of hydrogen-bond donors (Lipinski definition) is 0. The van der Waals surface area contributed by atoms with Crippen LogP contribution in [0.4, 0.5) is 13.2 Å². The van der Waals surface area contributed by atoms with Crippen LogP contribution in [0.3, 0.4) is 0 Å². The number of ether oxygens (including phenoxy) is 1. The molecule has 6 heteroatoms. The van der Waals surface area contributed by atoms with Gasteiger partial charge in [-0.2, -0.15) is 0 Å². The molecule has 3 saturated carbocycles. The Balaban J connectivity index is 1.48. The zero-order valence-electron chi connectivity index (χ0n) is 16.4. The minimum absolute atomic E-state index is 0.0860. The average Bonchev–Trinajstić information content (AvgIpc) is 2.97. The molecule has 2 nitrogen and oxygen atoms in total. The van der Waals surface area contributed by atoms with Crippen molar-refractivity contribution in [1.82, 2.24) is 0 Å². The van der Waals surface area contributed by atoms with Gasteiger partial charge in [-0.15, -0.1) is 0 Å². The molecule has 4 rings (SSSR count). The quantitative estimate of drug-likeness (QED) is 0.366. The minimum atomic E-state index is -3.86. The normalized spacial score (nSPS) is 45.7. The number of halogens is 4. The van der Waals surface area contributed by atoms with Crippen molar-refractivity contribution in [2.24, 2.45) is 40.9 Å².